The molecule has 0 saturated carbocycles. The minimum absolute atomic E-state index is 0.0601. The summed E-state index contributed by atoms with van der Waals surface area (Å²) in [4.78, 5) is 2.61. The fourth-order valence-electron chi connectivity index (χ4n) is 1.55. The van der Waals surface area contributed by atoms with Crippen molar-refractivity contribution in [2.45, 2.75) is 19.0 Å². The lowest BCUT2D eigenvalue weighted by atomic mass is 10.2. The van der Waals surface area contributed by atoms with Gasteiger partial charge in [-0.05, 0) is 0 Å². The summed E-state index contributed by atoms with van der Waals surface area (Å²) >= 11 is 4.26. The predicted molar refractivity (Wildman–Crippen MR) is 56.8 cm³/mol. The van der Waals surface area contributed by atoms with Crippen LogP contribution >= 0.6 is 12.6 Å². The Morgan fingerprint density at radius 3 is 2.60 bits per heavy atom. The first-order chi connectivity index (χ1) is 6.92. The molecule has 0 saturated heterocycles. The SMILES string of the molecule is CNC1=C(S)CN(CCC(F)(F)F)CC1. The lowest BCUT2D eigenvalue weighted by Crippen LogP contribution is -2.35. The molecule has 0 aromatic rings. The lowest BCUT2D eigenvalue weighted by molar-refractivity contribution is -0.137. The van der Waals surface area contributed by atoms with Crippen LogP contribution in [0.1, 0.15) is 12.8 Å². The van der Waals surface area contributed by atoms with Gasteiger partial charge in [0.15, 0.2) is 0 Å². The number of hydrogen-bond acceptors (Lipinski definition) is 3. The van der Waals surface area contributed by atoms with Gasteiger partial charge in [-0.3, -0.25) is 4.90 Å². The molecule has 6 heteroatoms. The Morgan fingerprint density at radius 1 is 1.47 bits per heavy atom. The highest BCUT2D eigenvalue weighted by molar-refractivity contribution is 7.84. The molecule has 15 heavy (non-hydrogen) atoms. The number of hydrogen-bond donors (Lipinski definition) is 2. The van der Waals surface area contributed by atoms with Crippen molar-refractivity contribution in [2.24, 2.45) is 0 Å². The van der Waals surface area contributed by atoms with Gasteiger partial charge in [0.1, 0.15) is 0 Å². The number of thiol groups is 1. The number of rotatable bonds is 3. The summed E-state index contributed by atoms with van der Waals surface area (Å²) in [6.45, 7) is 1.23. The van der Waals surface area contributed by atoms with Crippen LogP contribution in [0.3, 0.4) is 0 Å². The maximum atomic E-state index is 12.0. The summed E-state index contributed by atoms with van der Waals surface area (Å²) in [5.41, 5.74) is 1.03. The smallest absolute Gasteiger partial charge is 0.390 e. The van der Waals surface area contributed by atoms with Gasteiger partial charge in [0, 0.05) is 43.7 Å². The summed E-state index contributed by atoms with van der Waals surface area (Å²) in [5, 5.41) is 3.00. The molecular weight excluding hydrogens is 225 g/mol. The molecular formula is C9H15F3N2S. The zero-order chi connectivity index (χ0) is 11.5. The molecule has 1 heterocycles. The summed E-state index contributed by atoms with van der Waals surface area (Å²) in [6, 6.07) is 0. The second-order valence-electron chi connectivity index (χ2n) is 3.57. The van der Waals surface area contributed by atoms with Crippen molar-refractivity contribution in [2.75, 3.05) is 26.7 Å². The van der Waals surface area contributed by atoms with E-state index in [0.717, 1.165) is 17.0 Å². The highest BCUT2D eigenvalue weighted by Crippen LogP contribution is 2.23. The van der Waals surface area contributed by atoms with Gasteiger partial charge in [0.05, 0.1) is 6.42 Å². The quantitative estimate of drug-likeness (QED) is 0.734. The van der Waals surface area contributed by atoms with Gasteiger partial charge in [-0.2, -0.15) is 13.2 Å². The first kappa shape index (κ1) is 12.7. The van der Waals surface area contributed by atoms with E-state index in [9.17, 15) is 13.2 Å². The Kier molecular flexibility index (Phi) is 4.33. The lowest BCUT2D eigenvalue weighted by Gasteiger charge is -2.29. The Morgan fingerprint density at radius 2 is 2.13 bits per heavy atom. The van der Waals surface area contributed by atoms with Gasteiger partial charge in [0.25, 0.3) is 0 Å². The third-order valence-electron chi connectivity index (χ3n) is 2.41. The summed E-state index contributed by atoms with van der Waals surface area (Å²) in [5.74, 6) is 0. The van der Waals surface area contributed by atoms with E-state index in [1.165, 1.54) is 0 Å². The van der Waals surface area contributed by atoms with Crippen LogP contribution in [0.5, 0.6) is 0 Å². The molecule has 2 nitrogen and oxygen atoms in total. The minimum atomic E-state index is -4.07. The van der Waals surface area contributed by atoms with E-state index in [1.807, 2.05) is 0 Å². The molecule has 0 amide bonds. The van der Waals surface area contributed by atoms with E-state index in [4.69, 9.17) is 0 Å². The highest BCUT2D eigenvalue weighted by atomic mass is 32.1. The van der Waals surface area contributed by atoms with E-state index in [0.29, 0.717) is 13.1 Å². The Hall–Kier alpha value is -0.360. The Bertz CT molecular complexity index is 250. The van der Waals surface area contributed by atoms with Crippen LogP contribution in [0.2, 0.25) is 0 Å². The third kappa shape index (κ3) is 4.34. The fourth-order valence-corrected chi connectivity index (χ4v) is 1.97. The Balaban J connectivity index is 2.40. The number of nitrogens with one attached hydrogen (secondary N) is 1. The standard InChI is InChI=1S/C9H15F3N2S/c1-13-7-2-4-14(6-8(7)15)5-3-9(10,11)12/h13,15H,2-6H2,1H3. The average Bonchev–Trinajstić information content (AvgIpc) is 2.14. The monoisotopic (exact) mass is 240 g/mol. The topological polar surface area (TPSA) is 15.3 Å². The summed E-state index contributed by atoms with van der Waals surface area (Å²) in [7, 11) is 1.80. The van der Waals surface area contributed by atoms with Gasteiger partial charge in [0.2, 0.25) is 0 Å². The number of halogens is 3. The summed E-state index contributed by atoms with van der Waals surface area (Å²) in [6.07, 6.45) is -4.07. The van der Waals surface area contributed by atoms with Crippen LogP contribution in [0.4, 0.5) is 13.2 Å². The second-order valence-corrected chi connectivity index (χ2v) is 4.11. The van der Waals surface area contributed by atoms with Gasteiger partial charge >= 0.3 is 6.18 Å². The first-order valence-electron chi connectivity index (χ1n) is 4.80. The molecule has 0 aliphatic carbocycles. The van der Waals surface area contributed by atoms with E-state index < -0.39 is 12.6 Å². The molecule has 0 aromatic carbocycles. The third-order valence-corrected chi connectivity index (χ3v) is 2.82. The maximum Gasteiger partial charge on any atom is 0.390 e. The Labute approximate surface area is 92.9 Å². The molecule has 1 rings (SSSR count). The van der Waals surface area contributed by atoms with Crippen molar-refractivity contribution < 1.29 is 13.2 Å². The van der Waals surface area contributed by atoms with Gasteiger partial charge in [-0.25, -0.2) is 0 Å². The molecule has 0 atom stereocenters. The zero-order valence-corrected chi connectivity index (χ0v) is 9.46. The molecule has 0 unspecified atom stereocenters. The predicted octanol–water partition coefficient (Wildman–Crippen LogP) is 2.01. The van der Waals surface area contributed by atoms with Crippen molar-refractivity contribution in [1.82, 2.24) is 10.2 Å². The second kappa shape index (κ2) is 5.12. The average molecular weight is 240 g/mol. The fraction of sp³-hybridized carbons (Fsp3) is 0.778. The van der Waals surface area contributed by atoms with Crippen molar-refractivity contribution in [3.8, 4) is 0 Å². The van der Waals surface area contributed by atoms with Gasteiger partial charge in [-0.15, -0.1) is 12.6 Å². The molecule has 1 N–H and O–H groups in total. The molecule has 0 spiro atoms. The molecule has 0 radical (unpaired) electrons. The van der Waals surface area contributed by atoms with Crippen LogP contribution in [0.15, 0.2) is 10.6 Å². The summed E-state index contributed by atoms with van der Waals surface area (Å²) < 4.78 is 35.9. The number of alkyl halides is 3. The maximum absolute atomic E-state index is 12.0. The van der Waals surface area contributed by atoms with E-state index in [1.54, 1.807) is 11.9 Å². The van der Waals surface area contributed by atoms with E-state index in [-0.39, 0.29) is 6.54 Å². The van der Waals surface area contributed by atoms with Crippen LogP contribution in [0.25, 0.3) is 0 Å². The molecule has 0 aromatic heterocycles. The van der Waals surface area contributed by atoms with Crippen LogP contribution in [0, 0.1) is 0 Å². The molecule has 88 valence electrons. The minimum Gasteiger partial charge on any atom is -0.391 e. The normalized spacial score (nSPS) is 19.5. The van der Waals surface area contributed by atoms with Crippen molar-refractivity contribution in [1.29, 1.82) is 0 Å². The van der Waals surface area contributed by atoms with Crippen LogP contribution < -0.4 is 5.32 Å². The zero-order valence-electron chi connectivity index (χ0n) is 8.56. The largest absolute Gasteiger partial charge is 0.391 e. The van der Waals surface area contributed by atoms with E-state index in [2.05, 4.69) is 17.9 Å². The van der Waals surface area contributed by atoms with Crippen LogP contribution in [-0.4, -0.2) is 37.8 Å². The van der Waals surface area contributed by atoms with E-state index >= 15 is 0 Å². The molecule has 0 fully saturated rings. The first-order valence-corrected chi connectivity index (χ1v) is 5.25. The molecule has 1 aliphatic heterocycles. The highest BCUT2D eigenvalue weighted by Gasteiger charge is 2.28. The van der Waals surface area contributed by atoms with Gasteiger partial charge < -0.3 is 5.32 Å². The van der Waals surface area contributed by atoms with Crippen molar-refractivity contribution in [3.05, 3.63) is 10.6 Å². The molecule has 1 aliphatic rings. The van der Waals surface area contributed by atoms with Crippen LogP contribution in [-0.2, 0) is 0 Å². The molecule has 0 bridgehead atoms. The van der Waals surface area contributed by atoms with Crippen molar-refractivity contribution >= 4 is 12.6 Å². The number of nitrogens with zero attached hydrogens (tertiary/aromatic N) is 1. The van der Waals surface area contributed by atoms with Crippen molar-refractivity contribution in [3.63, 3.8) is 0 Å². The van der Waals surface area contributed by atoms with Gasteiger partial charge in [-0.1, -0.05) is 0 Å².